The molecule has 3 atom stereocenters. The number of hydrogen-bond donors (Lipinski definition) is 4. The minimum atomic E-state index is -4.72. The van der Waals surface area contributed by atoms with E-state index in [4.69, 9.17) is 14.5 Å². The molecule has 1 spiro atoms. The molecule has 5 aromatic rings. The van der Waals surface area contributed by atoms with E-state index in [1.165, 1.54) is 48.7 Å². The number of aromatic nitrogens is 2. The maximum Gasteiger partial charge on any atom is 0.297 e. The van der Waals surface area contributed by atoms with Crippen molar-refractivity contribution in [2.75, 3.05) is 43.0 Å². The molecule has 17 heteroatoms. The Bertz CT molecular complexity index is 2970. The number of aliphatic hydroxyl groups is 1. The fourth-order valence-electron chi connectivity index (χ4n) is 12.3. The minimum Gasteiger partial charge on any atom is -0.489 e. The highest BCUT2D eigenvalue weighted by Gasteiger charge is 2.50. The zero-order chi connectivity index (χ0) is 48.7. The SMILES string of the molecule is CC(C)c1ccccc1[C@@H]1CCC[C@@H]1N1CC2(CCN(c3ccc(C(=O)NS(=O)(=O)c4cc5c(c([N+](=O)[O-])c4)N[C@@H](C4CCC(C)(O)CC4)CO5)c(Oc4cc5c(F)c[nH]c5nc4C4CC4)c3)CC2)C1. The summed E-state index contributed by atoms with van der Waals surface area (Å²) in [5.41, 5.74) is 3.67. The van der Waals surface area contributed by atoms with Gasteiger partial charge in [-0.1, -0.05) is 44.5 Å². The first-order valence-electron chi connectivity index (χ1n) is 25.1. The number of piperidine rings is 1. The molecule has 370 valence electrons. The lowest BCUT2D eigenvalue weighted by Crippen LogP contribution is -2.63. The topological polar surface area (TPSA) is 192 Å². The number of nitrogens with zero attached hydrogens (tertiary/aromatic N) is 4. The van der Waals surface area contributed by atoms with Gasteiger partial charge in [0.25, 0.3) is 21.6 Å². The fraction of sp³-hybridized carbons (Fsp3) is 0.509. The molecule has 5 heterocycles. The summed E-state index contributed by atoms with van der Waals surface area (Å²) in [6, 6.07) is 18.0. The summed E-state index contributed by atoms with van der Waals surface area (Å²) in [6.45, 7) is 10.2. The first-order chi connectivity index (χ1) is 33.5. The van der Waals surface area contributed by atoms with Crippen LogP contribution in [0.4, 0.5) is 21.5 Å². The highest BCUT2D eigenvalue weighted by atomic mass is 32.2. The summed E-state index contributed by atoms with van der Waals surface area (Å²) in [4.78, 5) is 38.2. The molecule has 0 bridgehead atoms. The Kier molecular flexibility index (Phi) is 11.9. The van der Waals surface area contributed by atoms with E-state index in [1.807, 2.05) is 0 Å². The third-order valence-corrected chi connectivity index (χ3v) is 17.8. The van der Waals surface area contributed by atoms with Crippen molar-refractivity contribution in [2.45, 2.75) is 132 Å². The number of halogens is 1. The Labute approximate surface area is 407 Å². The van der Waals surface area contributed by atoms with Crippen LogP contribution in [0, 0.1) is 27.3 Å². The fourth-order valence-corrected chi connectivity index (χ4v) is 13.3. The molecule has 15 nitrogen and oxygen atoms in total. The molecule has 4 N–H and O–H groups in total. The number of hydrogen-bond acceptors (Lipinski definition) is 12. The van der Waals surface area contributed by atoms with Crippen LogP contribution < -0.4 is 24.4 Å². The summed E-state index contributed by atoms with van der Waals surface area (Å²) in [5, 5.41) is 26.4. The number of benzene rings is 3. The van der Waals surface area contributed by atoms with Crippen molar-refractivity contribution >= 4 is 44.0 Å². The molecule has 2 aromatic heterocycles. The number of pyridine rings is 1. The monoisotopic (exact) mass is 975 g/mol. The lowest BCUT2D eigenvalue weighted by molar-refractivity contribution is -0.384. The first-order valence-corrected chi connectivity index (χ1v) is 26.6. The van der Waals surface area contributed by atoms with Crippen LogP contribution in [0.5, 0.6) is 17.2 Å². The van der Waals surface area contributed by atoms with Gasteiger partial charge in [0.15, 0.2) is 11.4 Å². The molecule has 11 rings (SSSR count). The summed E-state index contributed by atoms with van der Waals surface area (Å²) < 4.78 is 58.0. The van der Waals surface area contributed by atoms with Crippen molar-refractivity contribution in [1.82, 2.24) is 19.6 Å². The molecule has 5 fully saturated rings. The number of nitrogens with one attached hydrogen (secondary N) is 3. The van der Waals surface area contributed by atoms with Gasteiger partial charge >= 0.3 is 0 Å². The van der Waals surface area contributed by atoms with E-state index in [9.17, 15) is 28.4 Å². The van der Waals surface area contributed by atoms with Crippen LogP contribution >= 0.6 is 0 Å². The van der Waals surface area contributed by atoms with E-state index in [0.717, 1.165) is 63.6 Å². The zero-order valence-electron chi connectivity index (χ0n) is 40.0. The number of nitro groups is 1. The third-order valence-electron chi connectivity index (χ3n) is 16.4. The molecule has 1 amide bonds. The Morgan fingerprint density at radius 1 is 1.00 bits per heavy atom. The predicted octanol–water partition coefficient (Wildman–Crippen LogP) is 9.87. The Morgan fingerprint density at radius 3 is 2.49 bits per heavy atom. The lowest BCUT2D eigenvalue weighted by Gasteiger charge is -2.57. The lowest BCUT2D eigenvalue weighted by atomic mass is 9.70. The molecule has 3 aliphatic heterocycles. The van der Waals surface area contributed by atoms with Crippen molar-refractivity contribution in [3.05, 3.63) is 105 Å². The number of likely N-dealkylation sites (tertiary alicyclic amines) is 1. The smallest absolute Gasteiger partial charge is 0.297 e. The molecular formula is C53H62FN7O8S. The molecule has 3 saturated carbocycles. The maximum atomic E-state index is 15.0. The van der Waals surface area contributed by atoms with E-state index < -0.39 is 42.9 Å². The van der Waals surface area contributed by atoms with Gasteiger partial charge in [0.05, 0.1) is 38.1 Å². The van der Waals surface area contributed by atoms with E-state index in [2.05, 4.69) is 62.9 Å². The van der Waals surface area contributed by atoms with Crippen molar-refractivity contribution < 1.29 is 37.1 Å². The van der Waals surface area contributed by atoms with E-state index in [-0.39, 0.29) is 63.8 Å². The van der Waals surface area contributed by atoms with E-state index >= 15 is 4.39 Å². The van der Waals surface area contributed by atoms with Gasteiger partial charge in [0.2, 0.25) is 0 Å². The first kappa shape index (κ1) is 46.6. The number of carbonyl (C=O) groups excluding carboxylic acids is 1. The second kappa shape index (κ2) is 17.8. The van der Waals surface area contributed by atoms with Gasteiger partial charge in [-0.15, -0.1) is 0 Å². The van der Waals surface area contributed by atoms with Crippen molar-refractivity contribution in [1.29, 1.82) is 0 Å². The largest absolute Gasteiger partial charge is 0.489 e. The average molecular weight is 976 g/mol. The zero-order valence-corrected chi connectivity index (χ0v) is 40.8. The summed E-state index contributed by atoms with van der Waals surface area (Å²) in [6.07, 6.45) is 11.2. The number of rotatable bonds is 12. The van der Waals surface area contributed by atoms with Crippen LogP contribution in [0.2, 0.25) is 0 Å². The maximum absolute atomic E-state index is 15.0. The minimum absolute atomic E-state index is 0.0185. The normalized spacial score (nSPS) is 25.5. The van der Waals surface area contributed by atoms with Crippen LogP contribution in [0.25, 0.3) is 11.0 Å². The second-order valence-electron chi connectivity index (χ2n) is 21.6. The van der Waals surface area contributed by atoms with Crippen LogP contribution in [-0.4, -0.2) is 89.7 Å². The van der Waals surface area contributed by atoms with Crippen LogP contribution in [0.3, 0.4) is 0 Å². The average Bonchev–Trinajstić information content (AvgIpc) is 3.96. The molecule has 0 radical (unpaired) electrons. The number of amides is 1. The Hall–Kier alpha value is -5.78. The van der Waals surface area contributed by atoms with E-state index in [1.54, 1.807) is 25.1 Å². The van der Waals surface area contributed by atoms with Crippen molar-refractivity contribution in [3.8, 4) is 17.2 Å². The quantitative estimate of drug-likeness (QED) is 0.0685. The van der Waals surface area contributed by atoms with Gasteiger partial charge in [0.1, 0.15) is 29.6 Å². The van der Waals surface area contributed by atoms with Crippen LogP contribution in [-0.2, 0) is 10.0 Å². The van der Waals surface area contributed by atoms with Crippen molar-refractivity contribution in [2.24, 2.45) is 11.3 Å². The molecule has 3 aromatic carbocycles. The molecule has 2 saturated heterocycles. The van der Waals surface area contributed by atoms with Gasteiger partial charge in [-0.05, 0) is 124 Å². The molecular weight excluding hydrogens is 914 g/mol. The Balaban J connectivity index is 0.838. The number of carbonyl (C=O) groups is 1. The van der Waals surface area contributed by atoms with Gasteiger partial charge in [-0.2, -0.15) is 0 Å². The van der Waals surface area contributed by atoms with Gasteiger partial charge in [-0.25, -0.2) is 22.5 Å². The summed E-state index contributed by atoms with van der Waals surface area (Å²) in [5.74, 6) is -0.0206. The van der Waals surface area contributed by atoms with E-state index in [0.29, 0.717) is 54.9 Å². The number of sulfonamides is 1. The molecule has 0 unspecified atom stereocenters. The van der Waals surface area contributed by atoms with Gasteiger partial charge < -0.3 is 29.8 Å². The molecule has 70 heavy (non-hydrogen) atoms. The van der Waals surface area contributed by atoms with Crippen LogP contribution in [0.15, 0.2) is 71.8 Å². The number of H-pyrrole nitrogens is 1. The number of fused-ring (bicyclic) bond motifs is 2. The number of anilines is 2. The summed E-state index contributed by atoms with van der Waals surface area (Å²) in [7, 11) is -4.72. The summed E-state index contributed by atoms with van der Waals surface area (Å²) >= 11 is 0. The van der Waals surface area contributed by atoms with Crippen molar-refractivity contribution in [3.63, 3.8) is 0 Å². The second-order valence-corrected chi connectivity index (χ2v) is 23.3. The molecule has 6 aliphatic rings. The number of aromatic amines is 1. The highest BCUT2D eigenvalue weighted by Crippen LogP contribution is 2.50. The third kappa shape index (κ3) is 8.86. The predicted molar refractivity (Wildman–Crippen MR) is 264 cm³/mol. The van der Waals surface area contributed by atoms with Crippen LogP contribution in [0.1, 0.15) is 136 Å². The Morgan fingerprint density at radius 2 is 1.76 bits per heavy atom. The number of nitro benzene ring substituents is 1. The number of ether oxygens (including phenoxy) is 2. The van der Waals surface area contributed by atoms with Gasteiger partial charge in [-0.3, -0.25) is 19.8 Å². The molecule has 3 aliphatic carbocycles. The highest BCUT2D eigenvalue weighted by molar-refractivity contribution is 7.90. The van der Waals surface area contributed by atoms with Gasteiger partial charge in [0, 0.05) is 68.2 Å². The standard InChI is InChI=1S/C53H62FN7O8S/c1-31(2)36-7-4-5-8-37(36)38-9-6-10-43(38)60-29-53(30-60)19-21-59(22-20-53)34-13-14-39(45(23-34)69-47-26-40-41(54)27-55-50(40)57-48(47)33-11-12-33)51(62)58-70(66,67)35-24-44(61(64)65)49-46(25-35)68-28-42(56-49)32-15-17-52(3,63)18-16-32/h4-5,7-8,13-14,23-27,31-33,38,42-43,56,63H,6,9-12,15-22,28-30H2,1-3H3,(H,55,57)(H,58,62)/t32?,38-,42+,43-,52?/m0/s1.